The summed E-state index contributed by atoms with van der Waals surface area (Å²) in [5, 5.41) is 16.9. The summed E-state index contributed by atoms with van der Waals surface area (Å²) in [7, 11) is 0. The van der Waals surface area contributed by atoms with E-state index in [4.69, 9.17) is 0 Å². The van der Waals surface area contributed by atoms with Crippen molar-refractivity contribution >= 4 is 11.6 Å². The van der Waals surface area contributed by atoms with Crippen molar-refractivity contribution in [2.75, 3.05) is 5.32 Å². The quantitative estimate of drug-likeness (QED) is 0.759. The van der Waals surface area contributed by atoms with Gasteiger partial charge >= 0.3 is 0 Å². The summed E-state index contributed by atoms with van der Waals surface area (Å²) < 4.78 is 0. The Kier molecular flexibility index (Phi) is 2.87. The van der Waals surface area contributed by atoms with E-state index in [1.54, 1.807) is 0 Å². The molecule has 1 fully saturated rings. The van der Waals surface area contributed by atoms with Gasteiger partial charge in [-0.25, -0.2) is 0 Å². The minimum atomic E-state index is -0.551. The zero-order chi connectivity index (χ0) is 13.6. The molecule has 0 saturated carbocycles. The van der Waals surface area contributed by atoms with Crippen LogP contribution < -0.4 is 10.6 Å². The van der Waals surface area contributed by atoms with E-state index < -0.39 is 6.10 Å². The van der Waals surface area contributed by atoms with Crippen LogP contribution in [0.25, 0.3) is 0 Å². The number of fused-ring (bicyclic) bond motifs is 1. The van der Waals surface area contributed by atoms with Crippen LogP contribution >= 0.6 is 0 Å². The van der Waals surface area contributed by atoms with Gasteiger partial charge in [-0.1, -0.05) is 12.1 Å². The van der Waals surface area contributed by atoms with Gasteiger partial charge in [0.15, 0.2) is 0 Å². The highest BCUT2D eigenvalue weighted by atomic mass is 16.3. The summed E-state index contributed by atoms with van der Waals surface area (Å²) in [4.78, 5) is 11.5. The molecule has 3 rings (SSSR count). The number of benzene rings is 1. The van der Waals surface area contributed by atoms with Crippen molar-refractivity contribution in [3.8, 4) is 0 Å². The zero-order valence-electron chi connectivity index (χ0n) is 11.4. The largest absolute Gasteiger partial charge is 0.387 e. The van der Waals surface area contributed by atoms with Gasteiger partial charge in [0, 0.05) is 17.3 Å². The normalized spacial score (nSPS) is 26.1. The summed E-state index contributed by atoms with van der Waals surface area (Å²) in [5.41, 5.74) is 2.76. The van der Waals surface area contributed by atoms with E-state index in [-0.39, 0.29) is 17.5 Å². The molecule has 0 unspecified atom stereocenters. The molecule has 102 valence electrons. The molecule has 1 aromatic rings. The molecule has 0 aliphatic carbocycles. The van der Waals surface area contributed by atoms with Crippen molar-refractivity contribution in [2.24, 2.45) is 0 Å². The topological polar surface area (TPSA) is 61.4 Å². The lowest BCUT2D eigenvalue weighted by molar-refractivity contribution is -0.115. The van der Waals surface area contributed by atoms with Crippen LogP contribution in [-0.2, 0) is 11.2 Å². The Balaban J connectivity index is 1.88. The third kappa shape index (κ3) is 2.26. The Morgan fingerprint density at radius 2 is 2.21 bits per heavy atom. The number of nitrogens with one attached hydrogen (secondary N) is 2. The van der Waals surface area contributed by atoms with Crippen LogP contribution in [0.15, 0.2) is 18.2 Å². The van der Waals surface area contributed by atoms with Gasteiger partial charge in [0.25, 0.3) is 0 Å². The third-order valence-electron chi connectivity index (χ3n) is 4.18. The van der Waals surface area contributed by atoms with E-state index in [1.807, 2.05) is 18.2 Å². The molecular formula is C15H20N2O2. The fraction of sp³-hybridized carbons (Fsp3) is 0.533. The van der Waals surface area contributed by atoms with Gasteiger partial charge < -0.3 is 15.7 Å². The molecule has 1 aromatic carbocycles. The number of carbonyl (C=O) groups excluding carboxylic acids is 1. The SMILES string of the molecule is CC1(C)CC[C@@H]([C@H](O)c2cccc3c2CC(=O)N3)N1. The Morgan fingerprint density at radius 3 is 2.89 bits per heavy atom. The summed E-state index contributed by atoms with van der Waals surface area (Å²) in [6, 6.07) is 5.78. The van der Waals surface area contributed by atoms with Crippen LogP contribution in [0.2, 0.25) is 0 Å². The molecule has 0 bridgehead atoms. The van der Waals surface area contributed by atoms with Crippen molar-refractivity contribution in [1.82, 2.24) is 5.32 Å². The second kappa shape index (κ2) is 4.32. The maximum absolute atomic E-state index is 11.5. The molecule has 2 atom stereocenters. The molecule has 1 amide bonds. The summed E-state index contributed by atoms with van der Waals surface area (Å²) in [5.74, 6) is 0.00867. The molecule has 4 nitrogen and oxygen atoms in total. The number of hydrogen-bond donors (Lipinski definition) is 3. The number of aliphatic hydroxyl groups excluding tert-OH is 1. The lowest BCUT2D eigenvalue weighted by atomic mass is 9.94. The predicted molar refractivity (Wildman–Crippen MR) is 74.0 cm³/mol. The van der Waals surface area contributed by atoms with Crippen LogP contribution in [0.4, 0.5) is 5.69 Å². The Bertz CT molecular complexity index is 525. The maximum atomic E-state index is 11.5. The number of rotatable bonds is 2. The van der Waals surface area contributed by atoms with E-state index in [0.29, 0.717) is 6.42 Å². The monoisotopic (exact) mass is 260 g/mol. The molecular weight excluding hydrogens is 240 g/mol. The molecule has 0 spiro atoms. The first-order chi connectivity index (χ1) is 8.96. The summed E-state index contributed by atoms with van der Waals surface area (Å²) >= 11 is 0. The molecule has 0 radical (unpaired) electrons. The first-order valence-corrected chi connectivity index (χ1v) is 6.84. The maximum Gasteiger partial charge on any atom is 0.228 e. The highest BCUT2D eigenvalue weighted by Crippen LogP contribution is 2.35. The van der Waals surface area contributed by atoms with Crippen molar-refractivity contribution in [2.45, 2.75) is 50.8 Å². The van der Waals surface area contributed by atoms with Crippen molar-refractivity contribution < 1.29 is 9.90 Å². The molecule has 2 aliphatic rings. The van der Waals surface area contributed by atoms with Crippen LogP contribution in [0.3, 0.4) is 0 Å². The van der Waals surface area contributed by atoms with Gasteiger partial charge in [0.2, 0.25) is 5.91 Å². The van der Waals surface area contributed by atoms with Crippen molar-refractivity contribution in [3.63, 3.8) is 0 Å². The van der Waals surface area contributed by atoms with Gasteiger partial charge in [-0.3, -0.25) is 4.79 Å². The fourth-order valence-electron chi connectivity index (χ4n) is 3.17. The Labute approximate surface area is 113 Å². The van der Waals surface area contributed by atoms with E-state index in [0.717, 1.165) is 29.7 Å². The summed E-state index contributed by atoms with van der Waals surface area (Å²) in [6.45, 7) is 4.31. The number of anilines is 1. The van der Waals surface area contributed by atoms with E-state index in [9.17, 15) is 9.90 Å². The van der Waals surface area contributed by atoms with E-state index >= 15 is 0 Å². The number of hydrogen-bond acceptors (Lipinski definition) is 3. The molecule has 19 heavy (non-hydrogen) atoms. The van der Waals surface area contributed by atoms with Gasteiger partial charge in [0.05, 0.1) is 12.5 Å². The lowest BCUT2D eigenvalue weighted by Gasteiger charge is -2.25. The van der Waals surface area contributed by atoms with E-state index in [2.05, 4.69) is 24.5 Å². The van der Waals surface area contributed by atoms with Crippen LogP contribution in [0.1, 0.15) is 43.9 Å². The average Bonchev–Trinajstić information content (AvgIpc) is 2.89. The number of carbonyl (C=O) groups is 1. The molecule has 0 aromatic heterocycles. The van der Waals surface area contributed by atoms with E-state index in [1.165, 1.54) is 0 Å². The van der Waals surface area contributed by atoms with Crippen LogP contribution in [0, 0.1) is 0 Å². The first-order valence-electron chi connectivity index (χ1n) is 6.84. The minimum absolute atomic E-state index is 0.00867. The van der Waals surface area contributed by atoms with Crippen molar-refractivity contribution in [3.05, 3.63) is 29.3 Å². The average molecular weight is 260 g/mol. The molecule has 4 heteroatoms. The highest BCUT2D eigenvalue weighted by molar-refractivity contribution is 5.99. The Hall–Kier alpha value is -1.39. The van der Waals surface area contributed by atoms with Gasteiger partial charge in [-0.15, -0.1) is 0 Å². The molecule has 3 N–H and O–H groups in total. The third-order valence-corrected chi connectivity index (χ3v) is 4.18. The predicted octanol–water partition coefficient (Wildman–Crippen LogP) is 1.75. The van der Waals surface area contributed by atoms with Crippen LogP contribution in [-0.4, -0.2) is 22.6 Å². The minimum Gasteiger partial charge on any atom is -0.387 e. The second-order valence-electron chi connectivity index (χ2n) is 6.22. The summed E-state index contributed by atoms with van der Waals surface area (Å²) in [6.07, 6.45) is 1.84. The van der Waals surface area contributed by atoms with Crippen molar-refractivity contribution in [1.29, 1.82) is 0 Å². The van der Waals surface area contributed by atoms with Gasteiger partial charge in [-0.05, 0) is 43.9 Å². The highest BCUT2D eigenvalue weighted by Gasteiger charge is 2.36. The van der Waals surface area contributed by atoms with Crippen LogP contribution in [0.5, 0.6) is 0 Å². The van der Waals surface area contributed by atoms with Gasteiger partial charge in [-0.2, -0.15) is 0 Å². The first kappa shape index (κ1) is 12.6. The molecule has 2 heterocycles. The number of amides is 1. The molecule has 1 saturated heterocycles. The molecule has 2 aliphatic heterocycles. The zero-order valence-corrected chi connectivity index (χ0v) is 11.4. The standard InChI is InChI=1S/C15H20N2O2/c1-15(2)7-6-12(17-15)14(19)9-4-3-5-11-10(9)8-13(18)16-11/h3-5,12,14,17,19H,6-8H2,1-2H3,(H,16,18)/t12-,14+/m0/s1. The Morgan fingerprint density at radius 1 is 1.42 bits per heavy atom. The smallest absolute Gasteiger partial charge is 0.228 e. The fourth-order valence-corrected chi connectivity index (χ4v) is 3.17. The second-order valence-corrected chi connectivity index (χ2v) is 6.22. The van der Waals surface area contributed by atoms with Gasteiger partial charge in [0.1, 0.15) is 0 Å². The lowest BCUT2D eigenvalue weighted by Crippen LogP contribution is -2.40. The number of aliphatic hydroxyl groups is 1.